The van der Waals surface area contributed by atoms with Crippen LogP contribution in [0.2, 0.25) is 10.0 Å². The SMILES string of the molecule is C=C(C)C(=O)OCCOC(=O)C1=C(C)OC(N)=C(C#N)C1c1ccc(Cl)cc1Cl. The highest BCUT2D eigenvalue weighted by molar-refractivity contribution is 6.35. The van der Waals surface area contributed by atoms with Gasteiger partial charge in [0.2, 0.25) is 5.88 Å². The van der Waals surface area contributed by atoms with Gasteiger partial charge in [-0.15, -0.1) is 0 Å². The van der Waals surface area contributed by atoms with Gasteiger partial charge in [-0.3, -0.25) is 0 Å². The van der Waals surface area contributed by atoms with Crippen LogP contribution >= 0.6 is 23.2 Å². The molecule has 0 aliphatic carbocycles. The summed E-state index contributed by atoms with van der Waals surface area (Å²) in [5, 5.41) is 10.2. The summed E-state index contributed by atoms with van der Waals surface area (Å²) in [5.41, 5.74) is 6.60. The summed E-state index contributed by atoms with van der Waals surface area (Å²) >= 11 is 12.3. The van der Waals surface area contributed by atoms with Crippen LogP contribution in [0.5, 0.6) is 0 Å². The Morgan fingerprint density at radius 3 is 2.55 bits per heavy atom. The first-order valence-corrected chi connectivity index (χ1v) is 9.16. The zero-order valence-electron chi connectivity index (χ0n) is 15.8. The molecule has 1 aromatic rings. The Balaban J connectivity index is 2.31. The first kappa shape index (κ1) is 22.3. The number of nitriles is 1. The first-order chi connectivity index (χ1) is 13.7. The van der Waals surface area contributed by atoms with E-state index in [2.05, 4.69) is 6.58 Å². The third-order valence-corrected chi connectivity index (χ3v) is 4.56. The minimum atomic E-state index is -0.899. The molecule has 0 fully saturated rings. The average molecular weight is 437 g/mol. The summed E-state index contributed by atoms with van der Waals surface area (Å²) in [6.45, 7) is 6.13. The summed E-state index contributed by atoms with van der Waals surface area (Å²) in [7, 11) is 0. The fourth-order valence-electron chi connectivity index (χ4n) is 2.66. The van der Waals surface area contributed by atoms with E-state index in [1.54, 1.807) is 12.1 Å². The smallest absolute Gasteiger partial charge is 0.338 e. The zero-order chi connectivity index (χ0) is 21.7. The van der Waals surface area contributed by atoms with E-state index in [-0.39, 0.29) is 46.6 Å². The molecule has 7 nitrogen and oxygen atoms in total. The molecule has 0 spiro atoms. The van der Waals surface area contributed by atoms with Gasteiger partial charge in [0, 0.05) is 15.6 Å². The lowest BCUT2D eigenvalue weighted by Crippen LogP contribution is -2.26. The molecule has 1 atom stereocenters. The number of ether oxygens (including phenoxy) is 3. The van der Waals surface area contributed by atoms with Crippen molar-refractivity contribution in [1.29, 1.82) is 5.26 Å². The topological polar surface area (TPSA) is 112 Å². The van der Waals surface area contributed by atoms with E-state index >= 15 is 0 Å². The molecule has 0 aromatic heterocycles. The number of halogens is 2. The first-order valence-electron chi connectivity index (χ1n) is 8.40. The molecule has 1 aromatic carbocycles. The molecule has 29 heavy (non-hydrogen) atoms. The molecule has 2 N–H and O–H groups in total. The Hall–Kier alpha value is -2.95. The molecule has 2 rings (SSSR count). The molecule has 0 bridgehead atoms. The number of esters is 2. The van der Waals surface area contributed by atoms with E-state index in [1.807, 2.05) is 6.07 Å². The number of allylic oxidation sites excluding steroid dienone is 2. The summed E-state index contributed by atoms with van der Waals surface area (Å²) in [6.07, 6.45) is 0. The predicted molar refractivity (Wildman–Crippen MR) is 107 cm³/mol. The fourth-order valence-corrected chi connectivity index (χ4v) is 3.18. The minimum Gasteiger partial charge on any atom is -0.459 e. The van der Waals surface area contributed by atoms with Gasteiger partial charge in [-0.05, 0) is 31.5 Å². The van der Waals surface area contributed by atoms with Crippen molar-refractivity contribution in [3.05, 3.63) is 68.7 Å². The second kappa shape index (κ2) is 9.50. The monoisotopic (exact) mass is 436 g/mol. The summed E-state index contributed by atoms with van der Waals surface area (Å²) < 4.78 is 15.5. The largest absolute Gasteiger partial charge is 0.459 e. The Morgan fingerprint density at radius 1 is 1.31 bits per heavy atom. The summed E-state index contributed by atoms with van der Waals surface area (Å²) in [5.74, 6) is -2.21. The normalized spacial score (nSPS) is 16.0. The number of hydrogen-bond acceptors (Lipinski definition) is 7. The van der Waals surface area contributed by atoms with Gasteiger partial charge >= 0.3 is 11.9 Å². The third-order valence-electron chi connectivity index (χ3n) is 4.00. The van der Waals surface area contributed by atoms with Gasteiger partial charge in [0.25, 0.3) is 0 Å². The van der Waals surface area contributed by atoms with E-state index in [0.29, 0.717) is 10.6 Å². The van der Waals surface area contributed by atoms with Crippen LogP contribution in [0.1, 0.15) is 25.3 Å². The van der Waals surface area contributed by atoms with Crippen molar-refractivity contribution in [1.82, 2.24) is 0 Å². The lowest BCUT2D eigenvalue weighted by atomic mass is 9.83. The number of nitrogens with zero attached hydrogens (tertiary/aromatic N) is 1. The van der Waals surface area contributed by atoms with Crippen LogP contribution in [-0.4, -0.2) is 25.2 Å². The molecule has 1 unspecified atom stereocenters. The highest BCUT2D eigenvalue weighted by Gasteiger charge is 2.37. The van der Waals surface area contributed by atoms with Crippen molar-refractivity contribution >= 4 is 35.1 Å². The zero-order valence-corrected chi connectivity index (χ0v) is 17.3. The van der Waals surface area contributed by atoms with E-state index in [1.165, 1.54) is 19.9 Å². The Morgan fingerprint density at radius 2 is 1.97 bits per heavy atom. The molecule has 152 valence electrons. The van der Waals surface area contributed by atoms with Gasteiger partial charge in [-0.2, -0.15) is 5.26 Å². The molecule has 1 heterocycles. The second-order valence-electron chi connectivity index (χ2n) is 6.11. The van der Waals surface area contributed by atoms with Crippen LogP contribution in [-0.2, 0) is 23.8 Å². The van der Waals surface area contributed by atoms with Crippen molar-refractivity contribution < 1.29 is 23.8 Å². The Labute approximate surface area is 177 Å². The predicted octanol–water partition coefficient (Wildman–Crippen LogP) is 3.74. The quantitative estimate of drug-likeness (QED) is 0.410. The second-order valence-corrected chi connectivity index (χ2v) is 6.96. The van der Waals surface area contributed by atoms with E-state index in [9.17, 15) is 14.9 Å². The number of carbonyl (C=O) groups is 2. The lowest BCUT2D eigenvalue weighted by Gasteiger charge is -2.27. The van der Waals surface area contributed by atoms with Crippen LogP contribution in [0.4, 0.5) is 0 Å². The van der Waals surface area contributed by atoms with Crippen molar-refractivity contribution in [3.63, 3.8) is 0 Å². The number of rotatable bonds is 6. The number of hydrogen-bond donors (Lipinski definition) is 1. The van der Waals surface area contributed by atoms with Gasteiger partial charge in [0.05, 0.1) is 11.5 Å². The highest BCUT2D eigenvalue weighted by Crippen LogP contribution is 2.42. The van der Waals surface area contributed by atoms with Crippen LogP contribution in [0.15, 0.2) is 53.1 Å². The van der Waals surface area contributed by atoms with Gasteiger partial charge in [-0.25, -0.2) is 9.59 Å². The Kier molecular flexibility index (Phi) is 7.32. The molecule has 1 aliphatic rings. The molecular formula is C20H18Cl2N2O5. The third kappa shape index (κ3) is 5.11. The van der Waals surface area contributed by atoms with Crippen LogP contribution in [0.25, 0.3) is 0 Å². The summed E-state index contributed by atoms with van der Waals surface area (Å²) in [6, 6.07) is 6.64. The van der Waals surface area contributed by atoms with E-state index < -0.39 is 17.9 Å². The van der Waals surface area contributed by atoms with E-state index in [4.69, 9.17) is 43.1 Å². The molecular weight excluding hydrogens is 419 g/mol. The van der Waals surface area contributed by atoms with Crippen LogP contribution in [0, 0.1) is 11.3 Å². The highest BCUT2D eigenvalue weighted by atomic mass is 35.5. The molecule has 0 radical (unpaired) electrons. The molecule has 0 amide bonds. The Bertz CT molecular complexity index is 976. The van der Waals surface area contributed by atoms with Crippen molar-refractivity contribution in [2.75, 3.05) is 13.2 Å². The maximum absolute atomic E-state index is 12.8. The maximum Gasteiger partial charge on any atom is 0.338 e. The number of benzene rings is 1. The molecule has 9 heteroatoms. The van der Waals surface area contributed by atoms with Gasteiger partial charge in [0.15, 0.2) is 0 Å². The fraction of sp³-hybridized carbons (Fsp3) is 0.250. The van der Waals surface area contributed by atoms with E-state index in [0.717, 1.165) is 0 Å². The number of carbonyl (C=O) groups excluding carboxylic acids is 2. The standard InChI is InChI=1S/C20H18Cl2N2O5/c1-10(2)19(25)27-6-7-28-20(26)16-11(3)29-18(24)14(9-23)17(16)13-5-4-12(21)8-15(13)22/h4-5,8,17H,1,6-7,24H2,2-3H3. The van der Waals surface area contributed by atoms with Gasteiger partial charge in [0.1, 0.15) is 30.6 Å². The lowest BCUT2D eigenvalue weighted by molar-refractivity contribution is -0.147. The van der Waals surface area contributed by atoms with Crippen molar-refractivity contribution in [2.24, 2.45) is 5.73 Å². The van der Waals surface area contributed by atoms with Crippen molar-refractivity contribution in [3.8, 4) is 6.07 Å². The minimum absolute atomic E-state index is 0.0143. The maximum atomic E-state index is 12.8. The number of nitrogens with two attached hydrogens (primary N) is 1. The molecule has 0 saturated carbocycles. The van der Waals surface area contributed by atoms with Crippen LogP contribution in [0.3, 0.4) is 0 Å². The molecule has 0 saturated heterocycles. The average Bonchev–Trinajstić information content (AvgIpc) is 2.64. The molecule has 1 aliphatic heterocycles. The summed E-state index contributed by atoms with van der Waals surface area (Å²) in [4.78, 5) is 24.1. The van der Waals surface area contributed by atoms with Gasteiger partial charge < -0.3 is 19.9 Å². The van der Waals surface area contributed by atoms with Crippen molar-refractivity contribution in [2.45, 2.75) is 19.8 Å². The van der Waals surface area contributed by atoms with Crippen LogP contribution < -0.4 is 5.73 Å². The van der Waals surface area contributed by atoms with Gasteiger partial charge in [-0.1, -0.05) is 35.8 Å².